The van der Waals surface area contributed by atoms with Crippen LogP contribution in [0.25, 0.3) is 5.69 Å². The third-order valence-corrected chi connectivity index (χ3v) is 2.72. The molecule has 0 atom stereocenters. The zero-order valence-electron chi connectivity index (χ0n) is 12.0. The Morgan fingerprint density at radius 1 is 1.10 bits per heavy atom. The van der Waals surface area contributed by atoms with Crippen LogP contribution in [0.15, 0.2) is 48.8 Å². The average Bonchev–Trinajstić information content (AvgIpc) is 2.99. The van der Waals surface area contributed by atoms with Gasteiger partial charge in [0.15, 0.2) is 0 Å². The van der Waals surface area contributed by atoms with Crippen LogP contribution in [-0.4, -0.2) is 23.3 Å². The number of hydrogen-bond donors (Lipinski definition) is 0. The third-order valence-electron chi connectivity index (χ3n) is 2.72. The summed E-state index contributed by atoms with van der Waals surface area (Å²) >= 11 is 0. The van der Waals surface area contributed by atoms with Crippen LogP contribution in [0.1, 0.15) is 24.2 Å². The second-order valence-corrected chi connectivity index (χ2v) is 4.98. The molecule has 0 unspecified atom stereocenters. The van der Waals surface area contributed by atoms with Crippen molar-refractivity contribution in [3.05, 3.63) is 54.4 Å². The molecule has 0 aliphatic rings. The number of esters is 1. The number of carbonyl (C=O) groups is 2. The van der Waals surface area contributed by atoms with Crippen molar-refractivity contribution in [2.45, 2.75) is 13.8 Å². The zero-order valence-corrected chi connectivity index (χ0v) is 12.0. The van der Waals surface area contributed by atoms with Crippen molar-refractivity contribution in [1.82, 2.24) is 4.57 Å². The standard InChI is InChI=1S/C16H17NO4/c1-12(2)11-20-16(19)21-15(18)13-5-7-14(8-6-13)17-9-3-4-10-17/h3-10,12H,11H2,1-2H3. The van der Waals surface area contributed by atoms with Gasteiger partial charge in [-0.05, 0) is 42.3 Å². The maximum Gasteiger partial charge on any atom is 0.516 e. The quantitative estimate of drug-likeness (QED) is 0.638. The predicted octanol–water partition coefficient (Wildman–Crippen LogP) is 3.43. The lowest BCUT2D eigenvalue weighted by Gasteiger charge is -2.07. The van der Waals surface area contributed by atoms with Crippen LogP contribution >= 0.6 is 0 Å². The summed E-state index contributed by atoms with van der Waals surface area (Å²) in [5, 5.41) is 0. The molecule has 0 bridgehead atoms. The third kappa shape index (κ3) is 4.21. The Morgan fingerprint density at radius 2 is 1.71 bits per heavy atom. The van der Waals surface area contributed by atoms with Crippen LogP contribution in [0.5, 0.6) is 0 Å². The molecule has 0 N–H and O–H groups in total. The van der Waals surface area contributed by atoms with E-state index in [2.05, 4.69) is 4.74 Å². The van der Waals surface area contributed by atoms with Crippen molar-refractivity contribution >= 4 is 12.1 Å². The lowest BCUT2D eigenvalue weighted by molar-refractivity contribution is 0.0351. The fourth-order valence-corrected chi connectivity index (χ4v) is 1.68. The van der Waals surface area contributed by atoms with Crippen molar-refractivity contribution in [3.8, 4) is 5.69 Å². The molecule has 0 saturated carbocycles. The van der Waals surface area contributed by atoms with Crippen molar-refractivity contribution in [2.24, 2.45) is 5.92 Å². The van der Waals surface area contributed by atoms with E-state index in [1.165, 1.54) is 0 Å². The first-order valence-electron chi connectivity index (χ1n) is 6.68. The largest absolute Gasteiger partial charge is 0.516 e. The van der Waals surface area contributed by atoms with Gasteiger partial charge in [0.2, 0.25) is 0 Å². The molecule has 5 nitrogen and oxygen atoms in total. The summed E-state index contributed by atoms with van der Waals surface area (Å²) in [6.07, 6.45) is 2.83. The molecule has 21 heavy (non-hydrogen) atoms. The van der Waals surface area contributed by atoms with Crippen LogP contribution < -0.4 is 0 Å². The van der Waals surface area contributed by atoms with Gasteiger partial charge < -0.3 is 14.0 Å². The number of aromatic nitrogens is 1. The number of hydrogen-bond acceptors (Lipinski definition) is 4. The number of benzene rings is 1. The van der Waals surface area contributed by atoms with Gasteiger partial charge in [-0.25, -0.2) is 9.59 Å². The summed E-state index contributed by atoms with van der Waals surface area (Å²) < 4.78 is 11.3. The normalized spacial score (nSPS) is 10.4. The number of carbonyl (C=O) groups excluding carboxylic acids is 2. The summed E-state index contributed by atoms with van der Waals surface area (Å²) in [5.41, 5.74) is 1.21. The van der Waals surface area contributed by atoms with Gasteiger partial charge in [0.1, 0.15) is 0 Å². The lowest BCUT2D eigenvalue weighted by atomic mass is 10.2. The van der Waals surface area contributed by atoms with E-state index in [1.807, 2.05) is 42.9 Å². The van der Waals surface area contributed by atoms with Crippen molar-refractivity contribution in [3.63, 3.8) is 0 Å². The summed E-state index contributed by atoms with van der Waals surface area (Å²) in [6.45, 7) is 4.02. The van der Waals surface area contributed by atoms with Gasteiger partial charge in [-0.3, -0.25) is 0 Å². The van der Waals surface area contributed by atoms with Gasteiger partial charge in [-0.2, -0.15) is 0 Å². The molecule has 110 valence electrons. The first-order valence-corrected chi connectivity index (χ1v) is 6.68. The van der Waals surface area contributed by atoms with Crippen LogP contribution in [-0.2, 0) is 9.47 Å². The molecule has 0 spiro atoms. The van der Waals surface area contributed by atoms with E-state index < -0.39 is 12.1 Å². The van der Waals surface area contributed by atoms with E-state index in [0.29, 0.717) is 5.56 Å². The van der Waals surface area contributed by atoms with E-state index >= 15 is 0 Å². The molecule has 1 aromatic carbocycles. The first-order chi connectivity index (χ1) is 10.1. The molecular formula is C16H17NO4. The SMILES string of the molecule is CC(C)COC(=O)OC(=O)c1ccc(-n2cccc2)cc1. The Hall–Kier alpha value is -2.56. The molecule has 0 aliphatic heterocycles. The molecule has 2 aromatic rings. The molecule has 0 saturated heterocycles. The summed E-state index contributed by atoms with van der Waals surface area (Å²) in [6, 6.07) is 10.6. The Morgan fingerprint density at radius 3 is 2.29 bits per heavy atom. The topological polar surface area (TPSA) is 57.5 Å². The first kappa shape index (κ1) is 14.8. The van der Waals surface area contributed by atoms with E-state index in [4.69, 9.17) is 4.74 Å². The fraction of sp³-hybridized carbons (Fsp3) is 0.250. The molecule has 5 heteroatoms. The lowest BCUT2D eigenvalue weighted by Crippen LogP contribution is -2.16. The second kappa shape index (κ2) is 6.74. The highest BCUT2D eigenvalue weighted by molar-refractivity contribution is 5.95. The predicted molar refractivity (Wildman–Crippen MR) is 77.4 cm³/mol. The zero-order chi connectivity index (χ0) is 15.2. The van der Waals surface area contributed by atoms with Gasteiger partial charge in [0, 0.05) is 18.1 Å². The van der Waals surface area contributed by atoms with E-state index in [0.717, 1.165) is 5.69 Å². The molecule has 0 aliphatic carbocycles. The summed E-state index contributed by atoms with van der Waals surface area (Å²) in [5.74, 6) is -0.531. The highest BCUT2D eigenvalue weighted by Gasteiger charge is 2.14. The fourth-order valence-electron chi connectivity index (χ4n) is 1.68. The van der Waals surface area contributed by atoms with Gasteiger partial charge >= 0.3 is 12.1 Å². The Balaban J connectivity index is 1.95. The molecule has 0 fully saturated rings. The number of rotatable bonds is 4. The molecular weight excluding hydrogens is 270 g/mol. The molecule has 0 amide bonds. The molecule has 1 heterocycles. The number of nitrogens with zero attached hydrogens (tertiary/aromatic N) is 1. The highest BCUT2D eigenvalue weighted by atomic mass is 16.7. The summed E-state index contributed by atoms with van der Waals surface area (Å²) in [4.78, 5) is 23.1. The molecule has 2 rings (SSSR count). The molecule has 0 radical (unpaired) electrons. The van der Waals surface area contributed by atoms with Gasteiger partial charge in [0.05, 0.1) is 12.2 Å². The maximum absolute atomic E-state index is 11.8. The minimum Gasteiger partial charge on any atom is -0.434 e. The number of ether oxygens (including phenoxy) is 2. The smallest absolute Gasteiger partial charge is 0.434 e. The van der Waals surface area contributed by atoms with Gasteiger partial charge in [-0.15, -0.1) is 0 Å². The van der Waals surface area contributed by atoms with Crippen molar-refractivity contribution < 1.29 is 19.1 Å². The van der Waals surface area contributed by atoms with Gasteiger partial charge in [-0.1, -0.05) is 13.8 Å². The van der Waals surface area contributed by atoms with Crippen LogP contribution in [0, 0.1) is 5.92 Å². The second-order valence-electron chi connectivity index (χ2n) is 4.98. The Labute approximate surface area is 123 Å². The van der Waals surface area contributed by atoms with Crippen LogP contribution in [0.4, 0.5) is 4.79 Å². The Bertz CT molecular complexity index is 600. The summed E-state index contributed by atoms with van der Waals surface area (Å²) in [7, 11) is 0. The maximum atomic E-state index is 11.8. The van der Waals surface area contributed by atoms with E-state index in [9.17, 15) is 9.59 Å². The minimum absolute atomic E-state index is 0.188. The van der Waals surface area contributed by atoms with Crippen molar-refractivity contribution in [1.29, 1.82) is 0 Å². The monoisotopic (exact) mass is 287 g/mol. The minimum atomic E-state index is -0.969. The Kier molecular flexibility index (Phi) is 4.77. The van der Waals surface area contributed by atoms with E-state index in [-0.39, 0.29) is 12.5 Å². The van der Waals surface area contributed by atoms with Gasteiger partial charge in [0.25, 0.3) is 0 Å². The van der Waals surface area contributed by atoms with Crippen LogP contribution in [0.3, 0.4) is 0 Å². The van der Waals surface area contributed by atoms with E-state index in [1.54, 1.807) is 24.3 Å². The molecule has 1 aromatic heterocycles. The highest BCUT2D eigenvalue weighted by Crippen LogP contribution is 2.11. The van der Waals surface area contributed by atoms with Crippen molar-refractivity contribution in [2.75, 3.05) is 6.61 Å². The van der Waals surface area contributed by atoms with Crippen LogP contribution in [0.2, 0.25) is 0 Å². The average molecular weight is 287 g/mol.